The fraction of sp³-hybridized carbons (Fsp3) is 0.143. The van der Waals surface area contributed by atoms with Crippen molar-refractivity contribution in [2.24, 2.45) is 5.84 Å². The summed E-state index contributed by atoms with van der Waals surface area (Å²) in [6.45, 7) is 1.89. The van der Waals surface area contributed by atoms with Gasteiger partial charge in [-0.3, -0.25) is 4.79 Å². The highest BCUT2D eigenvalue weighted by Gasteiger charge is 2.11. The maximum Gasteiger partial charge on any atom is 0.255 e. The van der Waals surface area contributed by atoms with E-state index in [4.69, 9.17) is 5.84 Å². The van der Waals surface area contributed by atoms with Crippen molar-refractivity contribution in [1.82, 2.24) is 4.98 Å². The average molecular weight is 292 g/mol. The number of hydrogen-bond acceptors (Lipinski definition) is 4. The summed E-state index contributed by atoms with van der Waals surface area (Å²) in [5, 5.41) is 2.49. The standard InChI is InChI=1S/C14H14F2N4O/c1-2-9-5-8(6-13(18-9)20-17)14(21)19-10-3-4-11(15)12(16)7-10/h3-7H,2,17H2,1H3,(H,18,20)(H,19,21). The molecule has 2 rings (SSSR count). The Morgan fingerprint density at radius 3 is 2.62 bits per heavy atom. The van der Waals surface area contributed by atoms with Gasteiger partial charge in [0.05, 0.1) is 0 Å². The van der Waals surface area contributed by atoms with Crippen LogP contribution in [0.1, 0.15) is 23.0 Å². The second-order valence-electron chi connectivity index (χ2n) is 4.31. The first kappa shape index (κ1) is 14.9. The van der Waals surface area contributed by atoms with Gasteiger partial charge in [0.15, 0.2) is 11.6 Å². The summed E-state index contributed by atoms with van der Waals surface area (Å²) in [5.41, 5.74) is 3.54. The van der Waals surface area contributed by atoms with Crippen LogP contribution in [0.4, 0.5) is 20.3 Å². The molecule has 1 aromatic carbocycles. The van der Waals surface area contributed by atoms with Crippen LogP contribution in [0.3, 0.4) is 0 Å². The van der Waals surface area contributed by atoms with Gasteiger partial charge in [-0.25, -0.2) is 19.6 Å². The van der Waals surface area contributed by atoms with E-state index in [9.17, 15) is 13.6 Å². The highest BCUT2D eigenvalue weighted by atomic mass is 19.2. The zero-order valence-corrected chi connectivity index (χ0v) is 11.3. The monoisotopic (exact) mass is 292 g/mol. The molecular weight excluding hydrogens is 278 g/mol. The number of benzene rings is 1. The number of pyridine rings is 1. The molecule has 0 saturated carbocycles. The third kappa shape index (κ3) is 3.51. The number of nitrogen functional groups attached to an aromatic ring is 1. The van der Waals surface area contributed by atoms with Crippen molar-refractivity contribution in [3.05, 3.63) is 53.2 Å². The minimum absolute atomic E-state index is 0.163. The molecule has 0 unspecified atom stereocenters. The van der Waals surface area contributed by atoms with E-state index >= 15 is 0 Å². The number of nitrogens with two attached hydrogens (primary N) is 1. The molecule has 0 spiro atoms. The van der Waals surface area contributed by atoms with E-state index in [1.807, 2.05) is 6.92 Å². The van der Waals surface area contributed by atoms with Crippen LogP contribution in [0.2, 0.25) is 0 Å². The van der Waals surface area contributed by atoms with E-state index in [2.05, 4.69) is 15.7 Å². The molecule has 1 aromatic heterocycles. The number of nitrogens with zero attached hydrogens (tertiary/aromatic N) is 1. The Balaban J connectivity index is 2.25. The number of hydrazine groups is 1. The number of nitrogens with one attached hydrogen (secondary N) is 2. The molecule has 0 bridgehead atoms. The lowest BCUT2D eigenvalue weighted by molar-refractivity contribution is 0.102. The first-order valence-electron chi connectivity index (χ1n) is 6.27. The lowest BCUT2D eigenvalue weighted by Crippen LogP contribution is -2.15. The smallest absolute Gasteiger partial charge is 0.255 e. The highest BCUT2D eigenvalue weighted by molar-refractivity contribution is 6.04. The number of halogens is 2. The van der Waals surface area contributed by atoms with E-state index in [0.717, 1.165) is 12.1 Å². The molecule has 1 heterocycles. The van der Waals surface area contributed by atoms with Crippen molar-refractivity contribution in [2.75, 3.05) is 10.7 Å². The molecule has 0 saturated heterocycles. The van der Waals surface area contributed by atoms with Crippen LogP contribution in [0.15, 0.2) is 30.3 Å². The quantitative estimate of drug-likeness (QED) is 0.597. The molecule has 0 aliphatic rings. The molecule has 0 atom stereocenters. The Morgan fingerprint density at radius 1 is 1.24 bits per heavy atom. The second-order valence-corrected chi connectivity index (χ2v) is 4.31. The lowest BCUT2D eigenvalue weighted by Gasteiger charge is -2.09. The van der Waals surface area contributed by atoms with Crippen molar-refractivity contribution in [2.45, 2.75) is 13.3 Å². The van der Waals surface area contributed by atoms with Gasteiger partial charge in [0, 0.05) is 23.0 Å². The maximum absolute atomic E-state index is 13.1. The normalized spacial score (nSPS) is 10.3. The van der Waals surface area contributed by atoms with Gasteiger partial charge in [-0.15, -0.1) is 0 Å². The summed E-state index contributed by atoms with van der Waals surface area (Å²) in [5.74, 6) is 3.19. The third-order valence-electron chi connectivity index (χ3n) is 2.83. The topological polar surface area (TPSA) is 80.0 Å². The molecule has 4 N–H and O–H groups in total. The largest absolute Gasteiger partial charge is 0.322 e. The number of carbonyl (C=O) groups excluding carboxylic acids is 1. The Kier molecular flexibility index (Phi) is 4.44. The van der Waals surface area contributed by atoms with Gasteiger partial charge < -0.3 is 10.7 Å². The van der Waals surface area contributed by atoms with E-state index in [1.54, 1.807) is 6.07 Å². The van der Waals surface area contributed by atoms with Crippen LogP contribution < -0.4 is 16.6 Å². The molecule has 0 aliphatic carbocycles. The van der Waals surface area contributed by atoms with Crippen LogP contribution in [0.5, 0.6) is 0 Å². The predicted octanol–water partition coefficient (Wildman–Crippen LogP) is 2.46. The zero-order chi connectivity index (χ0) is 15.4. The van der Waals surface area contributed by atoms with Crippen LogP contribution in [-0.2, 0) is 6.42 Å². The molecule has 1 amide bonds. The van der Waals surface area contributed by atoms with Gasteiger partial charge >= 0.3 is 0 Å². The molecular formula is C14H14F2N4O. The van der Waals surface area contributed by atoms with Gasteiger partial charge in [-0.05, 0) is 30.7 Å². The minimum Gasteiger partial charge on any atom is -0.322 e. The molecule has 110 valence electrons. The Morgan fingerprint density at radius 2 is 2.00 bits per heavy atom. The van der Waals surface area contributed by atoms with Gasteiger partial charge in [0.2, 0.25) is 0 Å². The number of aromatic nitrogens is 1. The minimum atomic E-state index is -1.03. The average Bonchev–Trinajstić information content (AvgIpc) is 2.50. The SMILES string of the molecule is CCc1cc(C(=O)Nc2ccc(F)c(F)c2)cc(NN)n1. The Hall–Kier alpha value is -2.54. The molecule has 0 aliphatic heterocycles. The fourth-order valence-electron chi connectivity index (χ4n) is 1.75. The van der Waals surface area contributed by atoms with E-state index in [0.29, 0.717) is 23.5 Å². The van der Waals surface area contributed by atoms with Gasteiger partial charge in [0.1, 0.15) is 5.82 Å². The molecule has 21 heavy (non-hydrogen) atoms. The highest BCUT2D eigenvalue weighted by Crippen LogP contribution is 2.16. The molecule has 5 nitrogen and oxygen atoms in total. The first-order valence-corrected chi connectivity index (χ1v) is 6.27. The molecule has 2 aromatic rings. The number of carbonyl (C=O) groups is 1. The first-order chi connectivity index (χ1) is 10.0. The third-order valence-corrected chi connectivity index (χ3v) is 2.83. The van der Waals surface area contributed by atoms with Gasteiger partial charge in [-0.1, -0.05) is 6.92 Å². The summed E-state index contributed by atoms with van der Waals surface area (Å²) in [6, 6.07) is 6.21. The number of anilines is 2. The van der Waals surface area contributed by atoms with E-state index < -0.39 is 17.5 Å². The van der Waals surface area contributed by atoms with Crippen LogP contribution in [0, 0.1) is 11.6 Å². The fourth-order valence-corrected chi connectivity index (χ4v) is 1.75. The van der Waals surface area contributed by atoms with Gasteiger partial charge in [-0.2, -0.15) is 0 Å². The summed E-state index contributed by atoms with van der Waals surface area (Å²) < 4.78 is 25.9. The summed E-state index contributed by atoms with van der Waals surface area (Å²) in [6.07, 6.45) is 0.626. The van der Waals surface area contributed by atoms with Crippen molar-refractivity contribution in [3.63, 3.8) is 0 Å². The van der Waals surface area contributed by atoms with Crippen molar-refractivity contribution >= 4 is 17.4 Å². The van der Waals surface area contributed by atoms with Crippen LogP contribution in [0.25, 0.3) is 0 Å². The number of hydrogen-bond donors (Lipinski definition) is 3. The lowest BCUT2D eigenvalue weighted by atomic mass is 10.1. The van der Waals surface area contributed by atoms with Gasteiger partial charge in [0.25, 0.3) is 5.91 Å². The second kappa shape index (κ2) is 6.27. The Bertz CT molecular complexity index is 654. The molecule has 0 fully saturated rings. The number of aryl methyl sites for hydroxylation is 1. The summed E-state index contributed by atoms with van der Waals surface area (Å²) >= 11 is 0. The van der Waals surface area contributed by atoms with Crippen molar-refractivity contribution in [3.8, 4) is 0 Å². The maximum atomic E-state index is 13.1. The zero-order valence-electron chi connectivity index (χ0n) is 11.3. The summed E-state index contributed by atoms with van der Waals surface area (Å²) in [4.78, 5) is 16.3. The van der Waals surface area contributed by atoms with E-state index in [-0.39, 0.29) is 5.69 Å². The van der Waals surface area contributed by atoms with Crippen LogP contribution in [-0.4, -0.2) is 10.9 Å². The summed E-state index contributed by atoms with van der Waals surface area (Å²) in [7, 11) is 0. The predicted molar refractivity (Wildman–Crippen MR) is 75.7 cm³/mol. The Labute approximate surface area is 120 Å². The van der Waals surface area contributed by atoms with Crippen molar-refractivity contribution in [1.29, 1.82) is 0 Å². The van der Waals surface area contributed by atoms with Crippen molar-refractivity contribution < 1.29 is 13.6 Å². The number of rotatable bonds is 4. The van der Waals surface area contributed by atoms with Crippen LogP contribution >= 0.6 is 0 Å². The number of amides is 1. The molecule has 7 heteroatoms. The molecule has 0 radical (unpaired) electrons. The van der Waals surface area contributed by atoms with E-state index in [1.165, 1.54) is 12.1 Å².